The first-order valence-electron chi connectivity index (χ1n) is 6.30. The summed E-state index contributed by atoms with van der Waals surface area (Å²) in [6, 6.07) is 10.3. The van der Waals surface area contributed by atoms with E-state index in [1.54, 1.807) is 30.3 Å². The molecule has 0 saturated heterocycles. The second kappa shape index (κ2) is 5.06. The number of thiazole rings is 1. The fraction of sp³-hybridized carbons (Fsp3) is 0.0667. The van der Waals surface area contributed by atoms with E-state index in [2.05, 4.69) is 10.3 Å². The average molecular weight is 299 g/mol. The maximum Gasteiger partial charge on any atom is 0.261 e. The lowest BCUT2D eigenvalue weighted by atomic mass is 10.1. The Bertz CT molecular complexity index is 842. The Kier molecular flexibility index (Phi) is 3.23. The van der Waals surface area contributed by atoms with Gasteiger partial charge in [0.25, 0.3) is 5.91 Å². The van der Waals surface area contributed by atoms with Crippen LogP contribution in [-0.4, -0.2) is 16.0 Å². The van der Waals surface area contributed by atoms with Gasteiger partial charge >= 0.3 is 0 Å². The second-order valence-corrected chi connectivity index (χ2v) is 5.75. The Balaban J connectivity index is 1.89. The Labute approximate surface area is 125 Å². The number of amides is 1. The van der Waals surface area contributed by atoms with Gasteiger partial charge < -0.3 is 10.8 Å². The van der Waals surface area contributed by atoms with Gasteiger partial charge in [0.15, 0.2) is 5.13 Å². The van der Waals surface area contributed by atoms with E-state index in [1.165, 1.54) is 11.3 Å². The number of nitrogens with one attached hydrogen (secondary N) is 1. The number of aryl methyl sites for hydroxylation is 1. The molecule has 1 aromatic heterocycles. The second-order valence-electron chi connectivity index (χ2n) is 4.72. The van der Waals surface area contributed by atoms with Crippen molar-refractivity contribution in [3.05, 3.63) is 47.5 Å². The Hall–Kier alpha value is -2.60. The topological polar surface area (TPSA) is 88.2 Å². The zero-order chi connectivity index (χ0) is 15.0. The van der Waals surface area contributed by atoms with Crippen molar-refractivity contribution >= 4 is 38.3 Å². The lowest BCUT2D eigenvalue weighted by Crippen LogP contribution is -2.11. The quantitative estimate of drug-likeness (QED) is 0.634. The molecule has 0 aliphatic carbocycles. The van der Waals surface area contributed by atoms with E-state index in [9.17, 15) is 9.90 Å². The lowest BCUT2D eigenvalue weighted by Gasteiger charge is -2.04. The summed E-state index contributed by atoms with van der Waals surface area (Å²) in [5, 5.41) is 13.0. The molecule has 3 aromatic rings. The van der Waals surface area contributed by atoms with E-state index >= 15 is 0 Å². The number of aromatic nitrogens is 1. The van der Waals surface area contributed by atoms with Crippen LogP contribution in [0.3, 0.4) is 0 Å². The standard InChI is InChI=1S/C15H13N3O2S/c1-8-2-4-10(12(19)6-8)14(20)18-15-17-11-5-3-9(16)7-13(11)21-15/h2-7,19H,16H2,1H3,(H,17,18,20). The number of rotatable bonds is 2. The molecular formula is C15H13N3O2S. The van der Waals surface area contributed by atoms with Gasteiger partial charge in [-0.3, -0.25) is 10.1 Å². The van der Waals surface area contributed by atoms with Gasteiger partial charge in [-0.2, -0.15) is 0 Å². The van der Waals surface area contributed by atoms with Crippen LogP contribution in [0.15, 0.2) is 36.4 Å². The summed E-state index contributed by atoms with van der Waals surface area (Å²) in [5.41, 5.74) is 8.26. The van der Waals surface area contributed by atoms with Crippen LogP contribution in [0, 0.1) is 6.92 Å². The highest BCUT2D eigenvalue weighted by Gasteiger charge is 2.13. The third kappa shape index (κ3) is 2.66. The van der Waals surface area contributed by atoms with Crippen LogP contribution in [-0.2, 0) is 0 Å². The molecule has 0 spiro atoms. The summed E-state index contributed by atoms with van der Waals surface area (Å²) in [4.78, 5) is 16.5. The summed E-state index contributed by atoms with van der Waals surface area (Å²) >= 11 is 1.34. The van der Waals surface area contributed by atoms with E-state index in [1.807, 2.05) is 13.0 Å². The van der Waals surface area contributed by atoms with Crippen LogP contribution in [0.2, 0.25) is 0 Å². The Morgan fingerprint density at radius 3 is 2.86 bits per heavy atom. The van der Waals surface area contributed by atoms with Crippen LogP contribution < -0.4 is 11.1 Å². The Morgan fingerprint density at radius 1 is 1.29 bits per heavy atom. The normalized spacial score (nSPS) is 10.7. The SMILES string of the molecule is Cc1ccc(C(=O)Nc2nc3ccc(N)cc3s2)c(O)c1. The first kappa shape index (κ1) is 13.4. The minimum absolute atomic E-state index is 0.0437. The maximum atomic E-state index is 12.2. The molecule has 21 heavy (non-hydrogen) atoms. The third-order valence-corrected chi connectivity index (χ3v) is 3.96. The van der Waals surface area contributed by atoms with Crippen molar-refractivity contribution in [1.29, 1.82) is 0 Å². The highest BCUT2D eigenvalue weighted by molar-refractivity contribution is 7.22. The minimum atomic E-state index is -0.389. The van der Waals surface area contributed by atoms with E-state index in [4.69, 9.17) is 5.73 Å². The van der Waals surface area contributed by atoms with Gasteiger partial charge in [-0.25, -0.2) is 4.98 Å². The van der Waals surface area contributed by atoms with Gasteiger partial charge in [0.05, 0.1) is 15.8 Å². The molecule has 0 unspecified atom stereocenters. The molecule has 1 heterocycles. The summed E-state index contributed by atoms with van der Waals surface area (Å²) in [5.74, 6) is -0.433. The number of aromatic hydroxyl groups is 1. The number of nitrogens with zero attached hydrogens (tertiary/aromatic N) is 1. The molecule has 0 atom stereocenters. The molecule has 5 nitrogen and oxygen atoms in total. The van der Waals surface area contributed by atoms with Crippen molar-refractivity contribution in [2.45, 2.75) is 6.92 Å². The van der Waals surface area contributed by atoms with Crippen LogP contribution in [0.25, 0.3) is 10.2 Å². The number of carbonyl (C=O) groups excluding carboxylic acids is 1. The molecule has 2 aromatic carbocycles. The van der Waals surface area contributed by atoms with Crippen molar-refractivity contribution < 1.29 is 9.90 Å². The molecule has 1 amide bonds. The monoisotopic (exact) mass is 299 g/mol. The molecular weight excluding hydrogens is 286 g/mol. The van der Waals surface area contributed by atoms with E-state index < -0.39 is 0 Å². The van der Waals surface area contributed by atoms with Gasteiger partial charge in [-0.1, -0.05) is 17.4 Å². The zero-order valence-electron chi connectivity index (χ0n) is 11.3. The lowest BCUT2D eigenvalue weighted by molar-refractivity contribution is 0.102. The molecule has 0 fully saturated rings. The molecule has 3 rings (SSSR count). The summed E-state index contributed by atoms with van der Waals surface area (Å²) in [7, 11) is 0. The highest BCUT2D eigenvalue weighted by atomic mass is 32.1. The first-order valence-corrected chi connectivity index (χ1v) is 7.11. The number of nitrogens with two attached hydrogens (primary N) is 1. The molecule has 4 N–H and O–H groups in total. The van der Waals surface area contributed by atoms with Crippen LogP contribution in [0.1, 0.15) is 15.9 Å². The van der Waals surface area contributed by atoms with Gasteiger partial charge in [-0.05, 0) is 42.8 Å². The molecule has 0 saturated carbocycles. The van der Waals surface area contributed by atoms with Crippen LogP contribution in [0.4, 0.5) is 10.8 Å². The average Bonchev–Trinajstić information content (AvgIpc) is 2.79. The van der Waals surface area contributed by atoms with Crippen molar-refractivity contribution in [3.8, 4) is 5.75 Å². The summed E-state index contributed by atoms with van der Waals surface area (Å²) in [6.07, 6.45) is 0. The third-order valence-electron chi connectivity index (χ3n) is 3.03. The predicted octanol–water partition coefficient (Wildman–Crippen LogP) is 3.14. The number of hydrogen-bond donors (Lipinski definition) is 3. The van der Waals surface area contributed by atoms with Gasteiger partial charge in [0.2, 0.25) is 0 Å². The molecule has 0 bridgehead atoms. The molecule has 6 heteroatoms. The largest absolute Gasteiger partial charge is 0.507 e. The zero-order valence-corrected chi connectivity index (χ0v) is 12.1. The Morgan fingerprint density at radius 2 is 2.10 bits per heavy atom. The van der Waals surface area contributed by atoms with E-state index in [0.29, 0.717) is 10.8 Å². The van der Waals surface area contributed by atoms with Crippen LogP contribution in [0.5, 0.6) is 5.75 Å². The van der Waals surface area contributed by atoms with Crippen LogP contribution >= 0.6 is 11.3 Å². The number of anilines is 2. The number of phenolic OH excluding ortho intramolecular Hbond substituents is 1. The highest BCUT2D eigenvalue weighted by Crippen LogP contribution is 2.28. The van der Waals surface area contributed by atoms with Crippen molar-refractivity contribution in [2.24, 2.45) is 0 Å². The first-order chi connectivity index (χ1) is 10.0. The van der Waals surface area contributed by atoms with Gasteiger partial charge in [0.1, 0.15) is 5.75 Å². The number of carbonyl (C=O) groups is 1. The molecule has 0 radical (unpaired) electrons. The minimum Gasteiger partial charge on any atom is -0.507 e. The fourth-order valence-corrected chi connectivity index (χ4v) is 2.90. The number of hydrogen-bond acceptors (Lipinski definition) is 5. The van der Waals surface area contributed by atoms with Crippen molar-refractivity contribution in [1.82, 2.24) is 4.98 Å². The number of fused-ring (bicyclic) bond motifs is 1. The number of nitrogen functional groups attached to an aromatic ring is 1. The van der Waals surface area contributed by atoms with Gasteiger partial charge in [0, 0.05) is 5.69 Å². The predicted molar refractivity (Wildman–Crippen MR) is 84.8 cm³/mol. The molecule has 0 aliphatic heterocycles. The van der Waals surface area contributed by atoms with E-state index in [-0.39, 0.29) is 17.2 Å². The van der Waals surface area contributed by atoms with Gasteiger partial charge in [-0.15, -0.1) is 0 Å². The maximum absolute atomic E-state index is 12.2. The smallest absolute Gasteiger partial charge is 0.261 e. The van der Waals surface area contributed by atoms with E-state index in [0.717, 1.165) is 15.8 Å². The fourth-order valence-electron chi connectivity index (χ4n) is 1.99. The number of benzene rings is 2. The summed E-state index contributed by atoms with van der Waals surface area (Å²) < 4.78 is 0.901. The van der Waals surface area contributed by atoms with Crippen molar-refractivity contribution in [2.75, 3.05) is 11.1 Å². The molecule has 0 aliphatic rings. The number of phenols is 1. The molecule has 106 valence electrons. The summed E-state index contributed by atoms with van der Waals surface area (Å²) in [6.45, 7) is 1.85. The van der Waals surface area contributed by atoms with Crippen molar-refractivity contribution in [3.63, 3.8) is 0 Å².